The van der Waals surface area contributed by atoms with Crippen LogP contribution in [-0.4, -0.2) is 18.6 Å². The number of carbonyl (C=O) groups is 1. The first-order chi connectivity index (χ1) is 9.34. The zero-order valence-corrected chi connectivity index (χ0v) is 12.1. The summed E-state index contributed by atoms with van der Waals surface area (Å²) in [6.07, 6.45) is 7.85. The largest absolute Gasteiger partial charge is 0.368 e. The number of rotatable bonds is 3. The number of amides is 1. The zero-order chi connectivity index (χ0) is 13.1. The third kappa shape index (κ3) is 3.00. The Kier molecular flexibility index (Phi) is 4.18. The smallest absolute Gasteiger partial charge is 0.249 e. The summed E-state index contributed by atoms with van der Waals surface area (Å²) in [7, 11) is 0. The molecule has 4 heteroatoms. The number of hydrogen-bond donors (Lipinski definition) is 1. The van der Waals surface area contributed by atoms with E-state index in [0.29, 0.717) is 6.54 Å². The van der Waals surface area contributed by atoms with E-state index in [2.05, 4.69) is 10.7 Å². The van der Waals surface area contributed by atoms with E-state index in [-0.39, 0.29) is 12.0 Å². The van der Waals surface area contributed by atoms with Crippen molar-refractivity contribution >= 4 is 17.2 Å². The average Bonchev–Trinajstić information content (AvgIpc) is 2.89. The van der Waals surface area contributed by atoms with Crippen LogP contribution in [0.1, 0.15) is 48.1 Å². The second kappa shape index (κ2) is 6.06. The van der Waals surface area contributed by atoms with Gasteiger partial charge in [0.1, 0.15) is 6.10 Å². The van der Waals surface area contributed by atoms with Gasteiger partial charge in [0.2, 0.25) is 5.91 Å². The first-order valence-electron chi connectivity index (χ1n) is 7.32. The van der Waals surface area contributed by atoms with Gasteiger partial charge in [-0.05, 0) is 61.5 Å². The quantitative estimate of drug-likeness (QED) is 0.924. The monoisotopic (exact) mass is 279 g/mol. The first kappa shape index (κ1) is 13.1. The highest BCUT2D eigenvalue weighted by Gasteiger charge is 2.22. The SMILES string of the molecule is O=C(NCc1csc2c1CCCC2)[C@@H]1CCCCO1. The fraction of sp³-hybridized carbons (Fsp3) is 0.667. The normalized spacial score (nSPS) is 22.8. The van der Waals surface area contributed by atoms with E-state index >= 15 is 0 Å². The molecular formula is C15H21NO2S. The molecule has 0 saturated carbocycles. The van der Waals surface area contributed by atoms with E-state index in [1.54, 1.807) is 0 Å². The number of thiophene rings is 1. The van der Waals surface area contributed by atoms with E-state index in [0.717, 1.165) is 25.9 Å². The molecule has 0 spiro atoms. The maximum atomic E-state index is 12.0. The van der Waals surface area contributed by atoms with Crippen molar-refractivity contribution in [1.82, 2.24) is 5.32 Å². The predicted octanol–water partition coefficient (Wildman–Crippen LogP) is 2.81. The lowest BCUT2D eigenvalue weighted by Gasteiger charge is -2.21. The number of carbonyl (C=O) groups excluding carboxylic acids is 1. The molecule has 1 fully saturated rings. The molecule has 2 aliphatic rings. The van der Waals surface area contributed by atoms with Crippen LogP contribution in [-0.2, 0) is 28.9 Å². The van der Waals surface area contributed by atoms with Crippen LogP contribution in [0.2, 0.25) is 0 Å². The van der Waals surface area contributed by atoms with Crippen molar-refractivity contribution in [2.45, 2.75) is 57.6 Å². The van der Waals surface area contributed by atoms with E-state index in [9.17, 15) is 4.79 Å². The standard InChI is InChI=1S/C15H21NO2S/c17-15(13-6-3-4-8-18-13)16-9-11-10-19-14-7-2-1-5-12(11)14/h10,13H,1-9H2,(H,16,17)/t13-/m0/s1. The Morgan fingerprint density at radius 2 is 2.21 bits per heavy atom. The molecule has 104 valence electrons. The van der Waals surface area contributed by atoms with Crippen LogP contribution >= 0.6 is 11.3 Å². The van der Waals surface area contributed by atoms with Gasteiger partial charge in [-0.1, -0.05) is 0 Å². The van der Waals surface area contributed by atoms with Crippen LogP contribution in [0.25, 0.3) is 0 Å². The summed E-state index contributed by atoms with van der Waals surface area (Å²) in [6, 6.07) is 0. The second-order valence-corrected chi connectivity index (χ2v) is 6.41. The van der Waals surface area contributed by atoms with Crippen LogP contribution in [0.15, 0.2) is 5.38 Å². The number of nitrogens with one attached hydrogen (secondary N) is 1. The van der Waals surface area contributed by atoms with E-state index in [1.807, 2.05) is 11.3 Å². The number of ether oxygens (including phenoxy) is 1. The first-order valence-corrected chi connectivity index (χ1v) is 8.20. The van der Waals surface area contributed by atoms with E-state index < -0.39 is 0 Å². The van der Waals surface area contributed by atoms with Crippen molar-refractivity contribution in [3.8, 4) is 0 Å². The minimum atomic E-state index is -0.219. The van der Waals surface area contributed by atoms with Gasteiger partial charge in [0.15, 0.2) is 0 Å². The minimum absolute atomic E-state index is 0.0652. The van der Waals surface area contributed by atoms with Gasteiger partial charge in [0.25, 0.3) is 0 Å². The van der Waals surface area contributed by atoms with Gasteiger partial charge in [0, 0.05) is 18.0 Å². The van der Waals surface area contributed by atoms with Crippen molar-refractivity contribution < 1.29 is 9.53 Å². The molecule has 1 aliphatic carbocycles. The summed E-state index contributed by atoms with van der Waals surface area (Å²) < 4.78 is 5.51. The molecule has 0 aromatic carbocycles. The molecule has 1 amide bonds. The third-order valence-corrected chi connectivity index (χ3v) is 5.21. The molecular weight excluding hydrogens is 258 g/mol. The van der Waals surface area contributed by atoms with Crippen LogP contribution in [0, 0.1) is 0 Å². The van der Waals surface area contributed by atoms with Gasteiger partial charge in [0.05, 0.1) is 0 Å². The third-order valence-electron chi connectivity index (χ3n) is 4.07. The molecule has 2 heterocycles. The van der Waals surface area contributed by atoms with Crippen molar-refractivity contribution in [2.24, 2.45) is 0 Å². The molecule has 1 aromatic rings. The molecule has 1 aromatic heterocycles. The molecule has 1 N–H and O–H groups in total. The van der Waals surface area contributed by atoms with E-state index in [1.165, 1.54) is 41.7 Å². The van der Waals surface area contributed by atoms with Crippen molar-refractivity contribution in [3.05, 3.63) is 21.4 Å². The molecule has 0 bridgehead atoms. The van der Waals surface area contributed by atoms with Gasteiger partial charge in [-0.3, -0.25) is 4.79 Å². The highest BCUT2D eigenvalue weighted by atomic mass is 32.1. The summed E-state index contributed by atoms with van der Waals surface area (Å²) in [4.78, 5) is 13.6. The number of fused-ring (bicyclic) bond motifs is 1. The highest BCUT2D eigenvalue weighted by Crippen LogP contribution is 2.30. The molecule has 1 atom stereocenters. The van der Waals surface area contributed by atoms with Gasteiger partial charge < -0.3 is 10.1 Å². The maximum absolute atomic E-state index is 12.0. The second-order valence-electron chi connectivity index (χ2n) is 5.44. The Balaban J connectivity index is 1.57. The minimum Gasteiger partial charge on any atom is -0.368 e. The van der Waals surface area contributed by atoms with Crippen molar-refractivity contribution in [1.29, 1.82) is 0 Å². The van der Waals surface area contributed by atoms with Gasteiger partial charge in [-0.15, -0.1) is 11.3 Å². The van der Waals surface area contributed by atoms with Gasteiger partial charge in [-0.25, -0.2) is 0 Å². The lowest BCUT2D eigenvalue weighted by Crippen LogP contribution is -2.38. The topological polar surface area (TPSA) is 38.3 Å². The maximum Gasteiger partial charge on any atom is 0.249 e. The summed E-state index contributed by atoms with van der Waals surface area (Å²) in [5, 5.41) is 5.27. The average molecular weight is 279 g/mol. The van der Waals surface area contributed by atoms with Crippen LogP contribution in [0.3, 0.4) is 0 Å². The molecule has 3 nitrogen and oxygen atoms in total. The summed E-state index contributed by atoms with van der Waals surface area (Å²) in [5.41, 5.74) is 2.82. The summed E-state index contributed by atoms with van der Waals surface area (Å²) in [5.74, 6) is 0.0652. The van der Waals surface area contributed by atoms with Crippen LogP contribution < -0.4 is 5.32 Å². The molecule has 0 unspecified atom stereocenters. The Morgan fingerprint density at radius 3 is 3.05 bits per heavy atom. The van der Waals surface area contributed by atoms with Gasteiger partial charge >= 0.3 is 0 Å². The lowest BCUT2D eigenvalue weighted by molar-refractivity contribution is -0.135. The number of aryl methyl sites for hydroxylation is 1. The molecule has 0 radical (unpaired) electrons. The van der Waals surface area contributed by atoms with Gasteiger partial charge in [-0.2, -0.15) is 0 Å². The van der Waals surface area contributed by atoms with Crippen LogP contribution in [0.4, 0.5) is 0 Å². The van der Waals surface area contributed by atoms with Crippen molar-refractivity contribution in [3.63, 3.8) is 0 Å². The lowest BCUT2D eigenvalue weighted by atomic mass is 9.96. The predicted molar refractivity (Wildman–Crippen MR) is 76.4 cm³/mol. The van der Waals surface area contributed by atoms with Crippen LogP contribution in [0.5, 0.6) is 0 Å². The highest BCUT2D eigenvalue weighted by molar-refractivity contribution is 7.10. The Bertz CT molecular complexity index is 449. The fourth-order valence-corrected chi connectivity index (χ4v) is 4.10. The van der Waals surface area contributed by atoms with E-state index in [4.69, 9.17) is 4.74 Å². The molecule has 19 heavy (non-hydrogen) atoms. The molecule has 1 saturated heterocycles. The number of hydrogen-bond acceptors (Lipinski definition) is 3. The summed E-state index contributed by atoms with van der Waals surface area (Å²) >= 11 is 1.86. The Labute approximate surface area is 118 Å². The Morgan fingerprint density at radius 1 is 1.32 bits per heavy atom. The fourth-order valence-electron chi connectivity index (χ4n) is 2.95. The molecule has 3 rings (SSSR count). The zero-order valence-electron chi connectivity index (χ0n) is 11.2. The Hall–Kier alpha value is -0.870. The molecule has 1 aliphatic heterocycles. The van der Waals surface area contributed by atoms with Crippen molar-refractivity contribution in [2.75, 3.05) is 6.61 Å². The summed E-state index contributed by atoms with van der Waals surface area (Å²) in [6.45, 7) is 1.40.